The first kappa shape index (κ1) is 22.1. The molecule has 2 amide bonds. The van der Waals surface area contributed by atoms with Gasteiger partial charge < -0.3 is 19.8 Å². The summed E-state index contributed by atoms with van der Waals surface area (Å²) in [7, 11) is 3.16. The second-order valence-electron chi connectivity index (χ2n) is 7.65. The number of aromatic nitrogens is 1. The van der Waals surface area contributed by atoms with Gasteiger partial charge in [0.1, 0.15) is 5.69 Å². The molecular weight excluding hydrogens is 420 g/mol. The minimum absolute atomic E-state index is 0.0421. The van der Waals surface area contributed by atoms with Gasteiger partial charge in [-0.15, -0.1) is 0 Å². The van der Waals surface area contributed by atoms with Crippen LogP contribution in [0.25, 0.3) is 0 Å². The van der Waals surface area contributed by atoms with Gasteiger partial charge in [-0.1, -0.05) is 18.2 Å². The van der Waals surface area contributed by atoms with Gasteiger partial charge in [0, 0.05) is 31.1 Å². The number of carbonyl (C=O) groups is 2. The average molecular weight is 447 g/mol. The predicted molar refractivity (Wildman–Crippen MR) is 126 cm³/mol. The Bertz CT molecular complexity index is 1140. The molecule has 0 bridgehead atoms. The summed E-state index contributed by atoms with van der Waals surface area (Å²) < 4.78 is 10.7. The number of nitrogens with one attached hydrogen (secondary N) is 2. The number of benzene rings is 2. The van der Waals surface area contributed by atoms with E-state index in [4.69, 9.17) is 9.47 Å². The lowest BCUT2D eigenvalue weighted by molar-refractivity contribution is -0.133. The van der Waals surface area contributed by atoms with Gasteiger partial charge in [-0.3, -0.25) is 9.59 Å². The molecule has 1 aliphatic rings. The van der Waals surface area contributed by atoms with Gasteiger partial charge in [0.2, 0.25) is 0 Å². The Labute approximate surface area is 192 Å². The zero-order valence-electron chi connectivity index (χ0n) is 18.6. The van der Waals surface area contributed by atoms with E-state index in [9.17, 15) is 9.59 Å². The Morgan fingerprint density at radius 1 is 1.12 bits per heavy atom. The van der Waals surface area contributed by atoms with Crippen molar-refractivity contribution in [1.29, 1.82) is 0 Å². The molecule has 170 valence electrons. The largest absolute Gasteiger partial charge is 0.493 e. The third kappa shape index (κ3) is 5.06. The van der Waals surface area contributed by atoms with Crippen LogP contribution in [0.5, 0.6) is 11.5 Å². The highest BCUT2D eigenvalue weighted by Crippen LogP contribution is 2.33. The Morgan fingerprint density at radius 3 is 2.61 bits per heavy atom. The van der Waals surface area contributed by atoms with Gasteiger partial charge in [0.05, 0.1) is 20.1 Å². The molecule has 1 aliphatic heterocycles. The summed E-state index contributed by atoms with van der Waals surface area (Å²) in [4.78, 5) is 28.1. The first-order valence-corrected chi connectivity index (χ1v) is 10.7. The molecule has 1 atom stereocenters. The molecular formula is C25H26N4O4. The summed E-state index contributed by atoms with van der Waals surface area (Å²) in [6, 6.07) is 16.6. The SMILES string of the molecule is COc1ccc(C2CC=NN(CCc3ccc(NC(=O)c4ccc[nH]4)cc3)C2=O)cc1OC. The smallest absolute Gasteiger partial charge is 0.272 e. The number of anilines is 1. The van der Waals surface area contributed by atoms with Crippen molar-refractivity contribution in [3.8, 4) is 11.5 Å². The Balaban J connectivity index is 1.36. The number of amides is 2. The number of H-pyrrole nitrogens is 1. The van der Waals surface area contributed by atoms with E-state index in [-0.39, 0.29) is 17.7 Å². The van der Waals surface area contributed by atoms with Crippen LogP contribution in [-0.2, 0) is 11.2 Å². The fourth-order valence-corrected chi connectivity index (χ4v) is 3.76. The van der Waals surface area contributed by atoms with E-state index in [1.165, 1.54) is 5.01 Å². The molecule has 0 spiro atoms. The van der Waals surface area contributed by atoms with Crippen molar-refractivity contribution in [2.45, 2.75) is 18.8 Å². The van der Waals surface area contributed by atoms with E-state index < -0.39 is 0 Å². The van der Waals surface area contributed by atoms with E-state index in [1.54, 1.807) is 38.8 Å². The van der Waals surface area contributed by atoms with Crippen LogP contribution in [-0.4, -0.2) is 48.8 Å². The van der Waals surface area contributed by atoms with E-state index in [2.05, 4.69) is 15.4 Å². The van der Waals surface area contributed by atoms with Crippen LogP contribution in [0, 0.1) is 0 Å². The standard InChI is InChI=1S/C25H26N4O4/c1-32-22-10-7-18(16-23(22)33-2)20-11-14-27-29(25(20)31)15-12-17-5-8-19(9-6-17)28-24(30)21-4-3-13-26-21/h3-10,13-14,16,20,26H,11-12,15H2,1-2H3,(H,28,30). The number of rotatable bonds is 8. The first-order chi connectivity index (χ1) is 16.1. The van der Waals surface area contributed by atoms with Crippen LogP contribution in [0.15, 0.2) is 65.9 Å². The van der Waals surface area contributed by atoms with Crippen molar-refractivity contribution < 1.29 is 19.1 Å². The fraction of sp³-hybridized carbons (Fsp3) is 0.240. The Hall–Kier alpha value is -4.07. The van der Waals surface area contributed by atoms with Crippen LogP contribution >= 0.6 is 0 Å². The third-order valence-electron chi connectivity index (χ3n) is 5.59. The number of hydrogen-bond acceptors (Lipinski definition) is 5. The highest BCUT2D eigenvalue weighted by Gasteiger charge is 2.29. The topological polar surface area (TPSA) is 96.0 Å². The van der Waals surface area contributed by atoms with Crippen LogP contribution in [0.2, 0.25) is 0 Å². The van der Waals surface area contributed by atoms with Crippen molar-refractivity contribution in [3.05, 3.63) is 77.6 Å². The van der Waals surface area contributed by atoms with Crippen molar-refractivity contribution in [3.63, 3.8) is 0 Å². The maximum absolute atomic E-state index is 13.1. The summed E-state index contributed by atoms with van der Waals surface area (Å²) >= 11 is 0. The number of hydrazone groups is 1. The number of methoxy groups -OCH3 is 2. The predicted octanol–water partition coefficient (Wildman–Crippen LogP) is 3.83. The van der Waals surface area contributed by atoms with E-state index in [1.807, 2.05) is 42.5 Å². The zero-order valence-corrected chi connectivity index (χ0v) is 18.6. The lowest BCUT2D eigenvalue weighted by atomic mass is 9.93. The molecule has 2 N–H and O–H groups in total. The van der Waals surface area contributed by atoms with Gasteiger partial charge >= 0.3 is 0 Å². The van der Waals surface area contributed by atoms with Crippen molar-refractivity contribution in [2.24, 2.45) is 5.10 Å². The molecule has 33 heavy (non-hydrogen) atoms. The Kier molecular flexibility index (Phi) is 6.73. The minimum atomic E-state index is -0.312. The highest BCUT2D eigenvalue weighted by molar-refractivity contribution is 6.02. The van der Waals surface area contributed by atoms with Crippen molar-refractivity contribution in [2.75, 3.05) is 26.1 Å². The van der Waals surface area contributed by atoms with Gasteiger partial charge in [-0.25, -0.2) is 5.01 Å². The average Bonchev–Trinajstić information content (AvgIpc) is 3.39. The van der Waals surface area contributed by atoms with Crippen molar-refractivity contribution in [1.82, 2.24) is 9.99 Å². The second-order valence-corrected chi connectivity index (χ2v) is 7.65. The van der Waals surface area contributed by atoms with Gasteiger partial charge in [-0.05, 0) is 53.9 Å². The number of hydrogen-bond donors (Lipinski definition) is 2. The normalized spacial score (nSPS) is 15.4. The lowest BCUT2D eigenvalue weighted by Crippen LogP contribution is -2.36. The second kappa shape index (κ2) is 10.0. The molecule has 3 aromatic rings. The van der Waals surface area contributed by atoms with Gasteiger partial charge in [0.15, 0.2) is 11.5 Å². The van der Waals surface area contributed by atoms with E-state index >= 15 is 0 Å². The molecule has 0 fully saturated rings. The molecule has 2 heterocycles. The Morgan fingerprint density at radius 2 is 1.91 bits per heavy atom. The monoisotopic (exact) mass is 446 g/mol. The number of carbonyl (C=O) groups excluding carboxylic acids is 2. The number of ether oxygens (including phenoxy) is 2. The lowest BCUT2D eigenvalue weighted by Gasteiger charge is -2.27. The summed E-state index contributed by atoms with van der Waals surface area (Å²) in [6.45, 7) is 0.466. The first-order valence-electron chi connectivity index (χ1n) is 10.7. The summed E-state index contributed by atoms with van der Waals surface area (Å²) in [5.41, 5.74) is 3.13. The summed E-state index contributed by atoms with van der Waals surface area (Å²) in [6.07, 6.45) is 4.67. The zero-order chi connectivity index (χ0) is 23.2. The van der Waals surface area contributed by atoms with Crippen LogP contribution < -0.4 is 14.8 Å². The van der Waals surface area contributed by atoms with E-state index in [0.717, 1.165) is 11.1 Å². The fourth-order valence-electron chi connectivity index (χ4n) is 3.76. The molecule has 0 radical (unpaired) electrons. The quantitative estimate of drug-likeness (QED) is 0.550. The minimum Gasteiger partial charge on any atom is -0.493 e. The maximum Gasteiger partial charge on any atom is 0.272 e. The molecule has 1 unspecified atom stereocenters. The molecule has 2 aromatic carbocycles. The molecule has 0 saturated heterocycles. The number of nitrogens with zero attached hydrogens (tertiary/aromatic N) is 2. The van der Waals surface area contributed by atoms with Crippen LogP contribution in [0.4, 0.5) is 5.69 Å². The van der Waals surface area contributed by atoms with Crippen molar-refractivity contribution >= 4 is 23.7 Å². The number of aromatic amines is 1. The molecule has 8 nitrogen and oxygen atoms in total. The molecule has 0 saturated carbocycles. The third-order valence-corrected chi connectivity index (χ3v) is 5.59. The summed E-state index contributed by atoms with van der Waals surface area (Å²) in [5.74, 6) is 0.678. The maximum atomic E-state index is 13.1. The highest BCUT2D eigenvalue weighted by atomic mass is 16.5. The molecule has 8 heteroatoms. The van der Waals surface area contributed by atoms with Gasteiger partial charge in [0.25, 0.3) is 11.8 Å². The van der Waals surface area contributed by atoms with Gasteiger partial charge in [-0.2, -0.15) is 5.10 Å². The van der Waals surface area contributed by atoms with Crippen LogP contribution in [0.1, 0.15) is 34.0 Å². The molecule has 4 rings (SSSR count). The summed E-state index contributed by atoms with van der Waals surface area (Å²) in [5, 5.41) is 8.67. The van der Waals surface area contributed by atoms with Crippen LogP contribution in [0.3, 0.4) is 0 Å². The molecule has 0 aliphatic carbocycles. The molecule has 1 aromatic heterocycles. The van der Waals surface area contributed by atoms with E-state index in [0.29, 0.717) is 42.3 Å².